The highest BCUT2D eigenvalue weighted by atomic mass is 35.5. The molecule has 0 radical (unpaired) electrons. The van der Waals surface area contributed by atoms with Gasteiger partial charge in [0, 0.05) is 19.6 Å². The topological polar surface area (TPSA) is 58.5 Å². The molecule has 0 aromatic carbocycles. The predicted molar refractivity (Wildman–Crippen MR) is 68.4 cm³/mol. The van der Waals surface area contributed by atoms with E-state index >= 15 is 0 Å². The van der Waals surface area contributed by atoms with Crippen LogP contribution in [0.1, 0.15) is 18.5 Å². The molecule has 0 spiro atoms. The third kappa shape index (κ3) is 4.17. The van der Waals surface area contributed by atoms with Gasteiger partial charge in [-0.15, -0.1) is 5.10 Å². The summed E-state index contributed by atoms with van der Waals surface area (Å²) < 4.78 is 5.52. The van der Waals surface area contributed by atoms with Crippen molar-refractivity contribution in [2.45, 2.75) is 25.5 Å². The van der Waals surface area contributed by atoms with Crippen LogP contribution in [0.15, 0.2) is 12.1 Å². The van der Waals surface area contributed by atoms with Crippen LogP contribution in [0, 0.1) is 0 Å². The summed E-state index contributed by atoms with van der Waals surface area (Å²) >= 11 is 5.70. The minimum atomic E-state index is 0.0978. The molecule has 1 aromatic rings. The molecule has 1 fully saturated rings. The number of aliphatic hydroxyl groups is 1. The highest BCUT2D eigenvalue weighted by molar-refractivity contribution is 6.29. The standard InChI is InChI=1S/C12H18ClN3O2/c13-12-2-1-10(14-15-12)9-16-5-3-11(4-6-16)18-8-7-17/h1-2,11,17H,3-9H2. The van der Waals surface area contributed by atoms with Crippen molar-refractivity contribution in [1.82, 2.24) is 15.1 Å². The van der Waals surface area contributed by atoms with Crippen molar-refractivity contribution < 1.29 is 9.84 Å². The lowest BCUT2D eigenvalue weighted by atomic mass is 10.1. The monoisotopic (exact) mass is 271 g/mol. The Kier molecular flexibility index (Phi) is 5.31. The van der Waals surface area contributed by atoms with Gasteiger partial charge in [0.1, 0.15) is 0 Å². The summed E-state index contributed by atoms with van der Waals surface area (Å²) in [5.41, 5.74) is 0.939. The van der Waals surface area contributed by atoms with Crippen molar-refractivity contribution in [3.8, 4) is 0 Å². The Morgan fingerprint density at radius 1 is 1.33 bits per heavy atom. The molecule has 0 amide bonds. The third-order valence-electron chi connectivity index (χ3n) is 3.05. The Bertz CT molecular complexity index is 353. The van der Waals surface area contributed by atoms with Crippen molar-refractivity contribution >= 4 is 11.6 Å². The number of piperidine rings is 1. The van der Waals surface area contributed by atoms with Crippen LogP contribution in [0.5, 0.6) is 0 Å². The van der Waals surface area contributed by atoms with E-state index in [0.29, 0.717) is 11.8 Å². The number of nitrogens with zero attached hydrogens (tertiary/aromatic N) is 3. The fourth-order valence-corrected chi connectivity index (χ4v) is 2.21. The summed E-state index contributed by atoms with van der Waals surface area (Å²) in [4.78, 5) is 2.33. The highest BCUT2D eigenvalue weighted by Gasteiger charge is 2.19. The Morgan fingerprint density at radius 2 is 2.11 bits per heavy atom. The number of aromatic nitrogens is 2. The lowest BCUT2D eigenvalue weighted by molar-refractivity contribution is -0.00922. The molecule has 100 valence electrons. The van der Waals surface area contributed by atoms with Gasteiger partial charge in [-0.05, 0) is 25.0 Å². The number of hydrogen-bond acceptors (Lipinski definition) is 5. The summed E-state index contributed by atoms with van der Waals surface area (Å²) in [6.45, 7) is 3.31. The number of rotatable bonds is 5. The van der Waals surface area contributed by atoms with Crippen LogP contribution in [0.4, 0.5) is 0 Å². The minimum Gasteiger partial charge on any atom is -0.394 e. The molecule has 1 saturated heterocycles. The lowest BCUT2D eigenvalue weighted by Gasteiger charge is -2.31. The van der Waals surface area contributed by atoms with Gasteiger partial charge in [0.25, 0.3) is 0 Å². The molecule has 1 aromatic heterocycles. The van der Waals surface area contributed by atoms with E-state index in [1.807, 2.05) is 6.07 Å². The smallest absolute Gasteiger partial charge is 0.151 e. The molecular formula is C12H18ClN3O2. The number of halogens is 1. The summed E-state index contributed by atoms with van der Waals surface area (Å²) in [5.74, 6) is 0. The van der Waals surface area contributed by atoms with E-state index in [0.717, 1.165) is 38.2 Å². The zero-order valence-electron chi connectivity index (χ0n) is 10.3. The van der Waals surface area contributed by atoms with Gasteiger partial charge < -0.3 is 9.84 Å². The molecule has 0 atom stereocenters. The average Bonchev–Trinajstić information content (AvgIpc) is 2.41. The number of hydrogen-bond donors (Lipinski definition) is 1. The molecule has 0 bridgehead atoms. The summed E-state index contributed by atoms with van der Waals surface area (Å²) in [6, 6.07) is 3.67. The van der Waals surface area contributed by atoms with Gasteiger partial charge in [-0.3, -0.25) is 4.90 Å². The largest absolute Gasteiger partial charge is 0.394 e. The molecule has 5 nitrogen and oxygen atoms in total. The fourth-order valence-electron chi connectivity index (χ4n) is 2.11. The average molecular weight is 272 g/mol. The maximum atomic E-state index is 8.70. The third-order valence-corrected chi connectivity index (χ3v) is 3.25. The van der Waals surface area contributed by atoms with Crippen molar-refractivity contribution in [1.29, 1.82) is 0 Å². The van der Waals surface area contributed by atoms with Crippen molar-refractivity contribution in [3.05, 3.63) is 23.0 Å². The van der Waals surface area contributed by atoms with Gasteiger partial charge >= 0.3 is 0 Å². The van der Waals surface area contributed by atoms with E-state index in [1.165, 1.54) is 0 Å². The number of ether oxygens (including phenoxy) is 1. The van der Waals surface area contributed by atoms with Crippen molar-refractivity contribution in [2.75, 3.05) is 26.3 Å². The second-order valence-corrected chi connectivity index (χ2v) is 4.80. The first-order valence-corrected chi connectivity index (χ1v) is 6.58. The summed E-state index contributed by atoms with van der Waals surface area (Å²) in [5, 5.41) is 17.0. The molecule has 1 N–H and O–H groups in total. The predicted octanol–water partition coefficient (Wildman–Crippen LogP) is 1.10. The molecule has 0 unspecified atom stereocenters. The molecule has 0 aliphatic carbocycles. The van der Waals surface area contributed by atoms with Crippen LogP contribution >= 0.6 is 11.6 Å². The van der Waals surface area contributed by atoms with Gasteiger partial charge in [0.15, 0.2) is 5.15 Å². The van der Waals surface area contributed by atoms with E-state index < -0.39 is 0 Å². The van der Waals surface area contributed by atoms with Crippen LogP contribution in [0.25, 0.3) is 0 Å². The van der Waals surface area contributed by atoms with E-state index in [9.17, 15) is 0 Å². The minimum absolute atomic E-state index is 0.0978. The van der Waals surface area contributed by atoms with E-state index in [2.05, 4.69) is 15.1 Å². The van der Waals surface area contributed by atoms with Crippen LogP contribution < -0.4 is 0 Å². The van der Waals surface area contributed by atoms with Crippen LogP contribution in [0.3, 0.4) is 0 Å². The Balaban J connectivity index is 1.74. The Hall–Kier alpha value is -0.750. The molecule has 6 heteroatoms. The van der Waals surface area contributed by atoms with Gasteiger partial charge in [0.2, 0.25) is 0 Å². The number of aliphatic hydroxyl groups excluding tert-OH is 1. The normalized spacial score (nSPS) is 18.1. The molecular weight excluding hydrogens is 254 g/mol. The van der Waals surface area contributed by atoms with E-state index in [-0.39, 0.29) is 12.7 Å². The second-order valence-electron chi connectivity index (χ2n) is 4.42. The first-order valence-electron chi connectivity index (χ1n) is 6.21. The first-order chi connectivity index (χ1) is 8.78. The van der Waals surface area contributed by atoms with Crippen LogP contribution in [-0.4, -0.2) is 52.6 Å². The molecule has 2 heterocycles. The SMILES string of the molecule is OCCOC1CCN(Cc2ccc(Cl)nn2)CC1. The fraction of sp³-hybridized carbons (Fsp3) is 0.667. The summed E-state index contributed by atoms with van der Waals surface area (Å²) in [7, 11) is 0. The Morgan fingerprint density at radius 3 is 2.72 bits per heavy atom. The van der Waals surface area contributed by atoms with Crippen molar-refractivity contribution in [3.63, 3.8) is 0 Å². The maximum Gasteiger partial charge on any atom is 0.151 e. The zero-order valence-corrected chi connectivity index (χ0v) is 11.0. The highest BCUT2D eigenvalue weighted by Crippen LogP contribution is 2.15. The van der Waals surface area contributed by atoms with Crippen LogP contribution in [-0.2, 0) is 11.3 Å². The van der Waals surface area contributed by atoms with E-state index in [4.69, 9.17) is 21.4 Å². The summed E-state index contributed by atoms with van der Waals surface area (Å²) in [6.07, 6.45) is 2.28. The molecule has 1 aliphatic heterocycles. The second kappa shape index (κ2) is 6.99. The van der Waals surface area contributed by atoms with Crippen molar-refractivity contribution in [2.24, 2.45) is 0 Å². The Labute approximate surface area is 112 Å². The molecule has 2 rings (SSSR count). The van der Waals surface area contributed by atoms with E-state index in [1.54, 1.807) is 6.07 Å². The molecule has 0 saturated carbocycles. The first kappa shape index (κ1) is 13.7. The van der Waals surface area contributed by atoms with Crippen LogP contribution in [0.2, 0.25) is 5.15 Å². The van der Waals surface area contributed by atoms with Gasteiger partial charge in [-0.2, -0.15) is 5.10 Å². The van der Waals surface area contributed by atoms with Gasteiger partial charge in [-0.1, -0.05) is 11.6 Å². The quantitative estimate of drug-likeness (QED) is 0.869. The lowest BCUT2D eigenvalue weighted by Crippen LogP contribution is -2.37. The maximum absolute atomic E-state index is 8.70. The van der Waals surface area contributed by atoms with Gasteiger partial charge in [-0.25, -0.2) is 0 Å². The van der Waals surface area contributed by atoms with Gasteiger partial charge in [0.05, 0.1) is 25.0 Å². The number of likely N-dealkylation sites (tertiary alicyclic amines) is 1. The zero-order chi connectivity index (χ0) is 12.8. The molecule has 1 aliphatic rings. The molecule has 18 heavy (non-hydrogen) atoms.